The van der Waals surface area contributed by atoms with Crippen molar-refractivity contribution in [3.05, 3.63) is 0 Å². The first-order valence-electron chi connectivity index (χ1n) is 1.54. The summed E-state index contributed by atoms with van der Waals surface area (Å²) in [5.41, 5.74) is 0. The third kappa shape index (κ3) is 8.90. The van der Waals surface area contributed by atoms with Crippen LogP contribution < -0.4 is 56.1 Å². The number of alkyl halides is 2. The first-order valence-corrected chi connectivity index (χ1v) is 1.54. The molecule has 0 heterocycles. The van der Waals surface area contributed by atoms with Gasteiger partial charge in [-0.1, -0.05) is 0 Å². The van der Waals surface area contributed by atoms with E-state index in [1.165, 1.54) is 0 Å². The smallest absolute Gasteiger partial charge is 1.00 e. The van der Waals surface area contributed by atoms with Gasteiger partial charge in [0.05, 0.1) is 7.11 Å². The molecule has 0 aliphatic carbocycles. The van der Waals surface area contributed by atoms with Gasteiger partial charge in [-0.3, -0.25) is 0 Å². The first kappa shape index (κ1) is 16.5. The molecule has 2 nitrogen and oxygen atoms in total. The van der Waals surface area contributed by atoms with Gasteiger partial charge >= 0.3 is 63.8 Å². The van der Waals surface area contributed by atoms with Crippen LogP contribution in [0.3, 0.4) is 0 Å². The average molecular weight is 168 g/mol. The molecule has 0 bridgehead atoms. The van der Waals surface area contributed by atoms with E-state index < -0.39 is 12.4 Å². The maximum absolute atomic E-state index is 11.0. The van der Waals surface area contributed by atoms with Crippen molar-refractivity contribution in [2.75, 3.05) is 7.11 Å². The van der Waals surface area contributed by atoms with E-state index in [-0.39, 0.29) is 56.1 Å². The topological polar surface area (TPSA) is 26.3 Å². The molecule has 0 fully saturated rings. The molecule has 0 rings (SSSR count). The number of esters is 1. The first-order chi connectivity index (χ1) is 3.18. The van der Waals surface area contributed by atoms with Crippen LogP contribution in [0, 0.1) is 0 Å². The Bertz CT molecular complexity index is 77.5. The summed E-state index contributed by atoms with van der Waals surface area (Å²) in [6.45, 7) is 0. The van der Waals surface area contributed by atoms with Crippen molar-refractivity contribution in [3.8, 4) is 0 Å². The minimum Gasteiger partial charge on any atom is -1.00 e. The molecule has 0 unspecified atom stereocenters. The number of hydrogen-bond donors (Lipinski definition) is 0. The van der Waals surface area contributed by atoms with Crippen LogP contribution in [0.25, 0.3) is 0 Å². The fourth-order valence-electron chi connectivity index (χ4n) is 0.0891. The Morgan fingerprint density at radius 3 is 1.89 bits per heavy atom. The van der Waals surface area contributed by atoms with Crippen molar-refractivity contribution in [2.24, 2.45) is 0 Å². The van der Waals surface area contributed by atoms with Crippen LogP contribution in [0.5, 0.6) is 0 Å². The van der Waals surface area contributed by atoms with Crippen LogP contribution in [-0.4, -0.2) is 19.5 Å². The molecule has 0 aliphatic rings. The average Bonchev–Trinajstić information content (AvgIpc) is 1.65. The molecule has 0 N–H and O–H groups in total. The summed E-state index contributed by atoms with van der Waals surface area (Å²) in [5, 5.41) is 0. The Hall–Kier alpha value is 0.896. The summed E-state index contributed by atoms with van der Waals surface area (Å²) in [5.74, 6) is -1.49. The molecule has 0 aromatic rings. The number of halogens is 3. The van der Waals surface area contributed by atoms with Crippen LogP contribution in [0.4, 0.5) is 8.78 Å². The van der Waals surface area contributed by atoms with Crippen LogP contribution in [0.2, 0.25) is 0 Å². The van der Waals surface area contributed by atoms with Crippen molar-refractivity contribution < 1.29 is 74.4 Å². The predicted molar refractivity (Wildman–Crippen MR) is 18.0 cm³/mol. The maximum atomic E-state index is 11.0. The number of carbonyl (C=O) groups is 1. The summed E-state index contributed by atoms with van der Waals surface area (Å²) in [6, 6.07) is 0. The van der Waals surface area contributed by atoms with Crippen molar-refractivity contribution >= 4 is 5.97 Å². The molecule has 0 amide bonds. The van der Waals surface area contributed by atoms with Gasteiger partial charge in [-0.2, -0.15) is 8.78 Å². The van der Waals surface area contributed by atoms with Gasteiger partial charge in [-0.15, -0.1) is 0 Å². The number of carbonyl (C=O) groups excluding carboxylic acids is 1. The van der Waals surface area contributed by atoms with Gasteiger partial charge in [0.25, 0.3) is 0 Å². The monoisotopic (exact) mass is 168 g/mol. The number of hydrogen-bond acceptors (Lipinski definition) is 2. The molecule has 0 aliphatic heterocycles. The third-order valence-electron chi connectivity index (χ3n) is 0.379. The summed E-state index contributed by atoms with van der Waals surface area (Å²) >= 11 is 0. The number of ether oxygens (including phenoxy) is 1. The third-order valence-corrected chi connectivity index (χ3v) is 0.379. The van der Waals surface area contributed by atoms with Gasteiger partial charge in [0.15, 0.2) is 0 Å². The van der Waals surface area contributed by atoms with Crippen molar-refractivity contribution in [3.63, 3.8) is 0 Å². The van der Waals surface area contributed by atoms with Crippen LogP contribution in [-0.2, 0) is 9.53 Å². The molecule has 0 radical (unpaired) electrons. The Morgan fingerprint density at radius 2 is 1.89 bits per heavy atom. The second-order valence-electron chi connectivity index (χ2n) is 0.824. The minimum atomic E-state index is -3.00. The molecule has 0 atom stereocenters. The zero-order valence-corrected chi connectivity index (χ0v) is 8.15. The summed E-state index contributed by atoms with van der Waals surface area (Å²) in [6.07, 6.45) is -3.00. The van der Waals surface area contributed by atoms with Crippen LogP contribution in [0.1, 0.15) is 0 Å². The molecule has 9 heavy (non-hydrogen) atoms. The molecular formula is C3H4F3KO2. The van der Waals surface area contributed by atoms with E-state index in [1.807, 2.05) is 0 Å². The molecule has 0 aromatic carbocycles. The fraction of sp³-hybridized carbons (Fsp3) is 0.667. The molecule has 50 valence electrons. The second-order valence-corrected chi connectivity index (χ2v) is 0.824. The predicted octanol–water partition coefficient (Wildman–Crippen LogP) is -5.57. The quantitative estimate of drug-likeness (QED) is 0.288. The molecular weight excluding hydrogens is 164 g/mol. The normalized spacial score (nSPS) is 7.11. The maximum Gasteiger partial charge on any atom is 1.00 e. The van der Waals surface area contributed by atoms with E-state index in [0.29, 0.717) is 0 Å². The summed E-state index contributed by atoms with van der Waals surface area (Å²) in [4.78, 5) is 9.54. The number of methoxy groups -OCH3 is 1. The van der Waals surface area contributed by atoms with E-state index in [9.17, 15) is 13.6 Å². The largest absolute Gasteiger partial charge is 1.00 e. The number of rotatable bonds is 1. The van der Waals surface area contributed by atoms with Crippen molar-refractivity contribution in [1.82, 2.24) is 0 Å². The molecule has 0 saturated carbocycles. The Kier molecular flexibility index (Phi) is 16.3. The Morgan fingerprint density at radius 1 is 1.56 bits per heavy atom. The van der Waals surface area contributed by atoms with E-state index in [4.69, 9.17) is 0 Å². The Labute approximate surface area is 92.7 Å². The molecule has 6 heteroatoms. The van der Waals surface area contributed by atoms with E-state index in [1.54, 1.807) is 0 Å². The molecule has 0 spiro atoms. The van der Waals surface area contributed by atoms with Gasteiger partial charge < -0.3 is 9.44 Å². The fourth-order valence-corrected chi connectivity index (χ4v) is 0.0891. The van der Waals surface area contributed by atoms with Crippen LogP contribution in [0.15, 0.2) is 0 Å². The standard InChI is InChI=1S/C3H4F2O2.FH.K/c1-7-3(6)2(4)5;;/h2H,1H3;1H;/q;;+1/p-1. The van der Waals surface area contributed by atoms with Gasteiger partial charge in [-0.05, 0) is 0 Å². The minimum absolute atomic E-state index is 0. The molecule has 0 saturated heterocycles. The zero-order chi connectivity index (χ0) is 5.86. The van der Waals surface area contributed by atoms with Gasteiger partial charge in [0.2, 0.25) is 0 Å². The summed E-state index contributed by atoms with van der Waals surface area (Å²) in [7, 11) is 0.911. The second kappa shape index (κ2) is 8.90. The Balaban J connectivity index is -0.000000180. The molecule has 0 aromatic heterocycles. The van der Waals surface area contributed by atoms with Crippen molar-refractivity contribution in [2.45, 2.75) is 6.43 Å². The SMILES string of the molecule is COC(=O)C(F)F.[F-].[K+]. The zero-order valence-electron chi connectivity index (χ0n) is 5.03. The van der Waals surface area contributed by atoms with E-state index in [0.717, 1.165) is 7.11 Å². The van der Waals surface area contributed by atoms with E-state index >= 15 is 0 Å². The van der Waals surface area contributed by atoms with Crippen LogP contribution >= 0.6 is 0 Å². The van der Waals surface area contributed by atoms with Gasteiger partial charge in [0.1, 0.15) is 0 Å². The van der Waals surface area contributed by atoms with Gasteiger partial charge in [0, 0.05) is 0 Å². The van der Waals surface area contributed by atoms with Crippen molar-refractivity contribution in [1.29, 1.82) is 0 Å². The van der Waals surface area contributed by atoms with Gasteiger partial charge in [-0.25, -0.2) is 4.79 Å². The van der Waals surface area contributed by atoms with E-state index in [2.05, 4.69) is 4.74 Å². The summed E-state index contributed by atoms with van der Waals surface area (Å²) < 4.78 is 25.5.